The summed E-state index contributed by atoms with van der Waals surface area (Å²) in [5, 5.41) is 10.5. The highest BCUT2D eigenvalue weighted by Gasteiger charge is 2.12. The number of carbonyl (C=O) groups excluding carboxylic acids is 1. The van der Waals surface area contributed by atoms with Crippen LogP contribution in [-0.2, 0) is 0 Å². The summed E-state index contributed by atoms with van der Waals surface area (Å²) in [5.74, 6) is -0.527. The third-order valence-corrected chi connectivity index (χ3v) is 3.20. The Morgan fingerprint density at radius 3 is 2.50 bits per heavy atom. The number of nitriles is 1. The molecule has 1 aromatic heterocycles. The van der Waals surface area contributed by atoms with Crippen LogP contribution in [0.2, 0.25) is 0 Å². The van der Waals surface area contributed by atoms with E-state index in [9.17, 15) is 4.79 Å². The number of rotatable bonds is 2. The fraction of sp³-hybridized carbons (Fsp3) is 0. The van der Waals surface area contributed by atoms with Gasteiger partial charge in [0.15, 0.2) is 0 Å². The number of Topliss-reactive ketones (excluding diaryl/α,β-unsaturated/α-hetero) is 1. The zero-order valence-corrected chi connectivity index (χ0v) is 10.6. The van der Waals surface area contributed by atoms with Gasteiger partial charge in [-0.05, 0) is 17.5 Å². The monoisotopic (exact) mass is 258 g/mol. The maximum Gasteiger partial charge on any atom is 0.262 e. The zero-order chi connectivity index (χ0) is 13.9. The van der Waals surface area contributed by atoms with Crippen LogP contribution in [0.3, 0.4) is 0 Å². The molecule has 0 unspecified atom stereocenters. The first-order chi connectivity index (χ1) is 9.81. The van der Waals surface area contributed by atoms with Crippen LogP contribution in [0.15, 0.2) is 60.8 Å². The Morgan fingerprint density at radius 2 is 1.75 bits per heavy atom. The van der Waals surface area contributed by atoms with Gasteiger partial charge in [-0.25, -0.2) is 0 Å². The third-order valence-electron chi connectivity index (χ3n) is 3.20. The van der Waals surface area contributed by atoms with Crippen molar-refractivity contribution in [2.75, 3.05) is 0 Å². The van der Waals surface area contributed by atoms with E-state index in [1.165, 1.54) is 0 Å². The molecule has 2 aromatic carbocycles. The predicted octanol–water partition coefficient (Wildman–Crippen LogP) is 3.61. The van der Waals surface area contributed by atoms with Gasteiger partial charge in [0.25, 0.3) is 5.78 Å². The van der Waals surface area contributed by atoms with Crippen LogP contribution in [0.1, 0.15) is 10.4 Å². The molecule has 1 heterocycles. The number of benzene rings is 2. The maximum atomic E-state index is 11.7. The van der Waals surface area contributed by atoms with Crippen LogP contribution in [-0.4, -0.2) is 10.8 Å². The first-order valence-corrected chi connectivity index (χ1v) is 6.19. The van der Waals surface area contributed by atoms with Gasteiger partial charge < -0.3 is 0 Å². The van der Waals surface area contributed by atoms with E-state index in [1.54, 1.807) is 30.5 Å². The van der Waals surface area contributed by atoms with Crippen LogP contribution in [0, 0.1) is 11.3 Å². The van der Waals surface area contributed by atoms with E-state index in [0.717, 1.165) is 22.0 Å². The minimum absolute atomic E-state index is 0.421. The van der Waals surface area contributed by atoms with Crippen molar-refractivity contribution in [2.45, 2.75) is 0 Å². The number of aromatic nitrogens is 1. The van der Waals surface area contributed by atoms with Crippen LogP contribution in [0.25, 0.3) is 22.0 Å². The summed E-state index contributed by atoms with van der Waals surface area (Å²) in [7, 11) is 0. The van der Waals surface area contributed by atoms with Gasteiger partial charge in [0.05, 0.1) is 5.69 Å². The molecule has 0 aliphatic heterocycles. The SMILES string of the molecule is N#CC(=O)c1cccc2c(-c3ccccc3)nccc12. The quantitative estimate of drug-likeness (QED) is 0.521. The lowest BCUT2D eigenvalue weighted by atomic mass is 9.99. The molecule has 0 radical (unpaired) electrons. The molecule has 0 aliphatic carbocycles. The zero-order valence-electron chi connectivity index (χ0n) is 10.6. The standard InChI is InChI=1S/C17H10N2O/c18-11-16(20)14-7-4-8-15-13(14)9-10-19-17(15)12-5-2-1-3-6-12/h1-10H. The van der Waals surface area contributed by atoms with Crippen molar-refractivity contribution in [1.29, 1.82) is 5.26 Å². The summed E-state index contributed by atoms with van der Waals surface area (Å²) in [5.41, 5.74) is 2.22. The Balaban J connectivity index is 2.32. The number of pyridine rings is 1. The average Bonchev–Trinajstić information content (AvgIpc) is 2.54. The molecule has 3 heteroatoms. The van der Waals surface area contributed by atoms with Gasteiger partial charge in [0.2, 0.25) is 0 Å². The Morgan fingerprint density at radius 1 is 0.950 bits per heavy atom. The Bertz CT molecular complexity index is 832. The summed E-state index contributed by atoms with van der Waals surface area (Å²) in [4.78, 5) is 16.1. The fourth-order valence-corrected chi connectivity index (χ4v) is 2.29. The van der Waals surface area contributed by atoms with Crippen LogP contribution in [0.5, 0.6) is 0 Å². The van der Waals surface area contributed by atoms with Crippen molar-refractivity contribution in [3.05, 3.63) is 66.4 Å². The van der Waals surface area contributed by atoms with Crippen LogP contribution >= 0.6 is 0 Å². The third kappa shape index (κ3) is 1.94. The summed E-state index contributed by atoms with van der Waals surface area (Å²) in [6.07, 6.45) is 1.67. The maximum absolute atomic E-state index is 11.7. The number of hydrogen-bond donors (Lipinski definition) is 0. The molecule has 0 atom stereocenters. The van der Waals surface area contributed by atoms with E-state index in [1.807, 2.05) is 36.4 Å². The number of fused-ring (bicyclic) bond motifs is 1. The molecule has 20 heavy (non-hydrogen) atoms. The molecule has 3 aromatic rings. The minimum Gasteiger partial charge on any atom is -0.277 e. The van der Waals surface area contributed by atoms with Crippen LogP contribution < -0.4 is 0 Å². The molecule has 0 saturated heterocycles. The topological polar surface area (TPSA) is 53.8 Å². The van der Waals surface area contributed by atoms with Gasteiger partial charge in [-0.1, -0.05) is 42.5 Å². The lowest BCUT2D eigenvalue weighted by Crippen LogP contribution is -1.97. The van der Waals surface area contributed by atoms with Crippen molar-refractivity contribution < 1.29 is 4.79 Å². The van der Waals surface area contributed by atoms with E-state index >= 15 is 0 Å². The highest BCUT2D eigenvalue weighted by atomic mass is 16.1. The Hall–Kier alpha value is -2.99. The van der Waals surface area contributed by atoms with Gasteiger partial charge >= 0.3 is 0 Å². The molecule has 94 valence electrons. The smallest absolute Gasteiger partial charge is 0.262 e. The summed E-state index contributed by atoms with van der Waals surface area (Å²) in [6.45, 7) is 0. The predicted molar refractivity (Wildman–Crippen MR) is 77.1 cm³/mol. The van der Waals surface area contributed by atoms with E-state index in [2.05, 4.69) is 4.98 Å². The minimum atomic E-state index is -0.527. The molecule has 0 spiro atoms. The summed E-state index contributed by atoms with van der Waals surface area (Å²) >= 11 is 0. The Labute approximate surface area is 116 Å². The molecule has 0 amide bonds. The Kier molecular flexibility index (Phi) is 2.98. The lowest BCUT2D eigenvalue weighted by molar-refractivity contribution is 0.105. The average molecular weight is 258 g/mol. The van der Waals surface area contributed by atoms with Gasteiger partial charge in [0.1, 0.15) is 6.07 Å². The normalized spacial score (nSPS) is 10.2. The molecular formula is C17H10N2O. The van der Waals surface area contributed by atoms with Gasteiger partial charge in [-0.2, -0.15) is 5.26 Å². The second-order valence-electron chi connectivity index (χ2n) is 4.37. The molecule has 0 bridgehead atoms. The lowest BCUT2D eigenvalue weighted by Gasteiger charge is -2.07. The number of carbonyl (C=O) groups is 1. The van der Waals surface area contributed by atoms with Crippen molar-refractivity contribution in [1.82, 2.24) is 4.98 Å². The highest BCUT2D eigenvalue weighted by molar-refractivity contribution is 6.16. The van der Waals surface area contributed by atoms with Gasteiger partial charge in [-0.3, -0.25) is 9.78 Å². The first kappa shape index (κ1) is 12.1. The fourth-order valence-electron chi connectivity index (χ4n) is 2.29. The molecule has 3 nitrogen and oxygen atoms in total. The first-order valence-electron chi connectivity index (χ1n) is 6.19. The summed E-state index contributed by atoms with van der Waals surface area (Å²) in [6, 6.07) is 18.6. The molecule has 0 aliphatic rings. The molecule has 0 saturated carbocycles. The molecule has 3 rings (SSSR count). The second-order valence-corrected chi connectivity index (χ2v) is 4.37. The van der Waals surface area contributed by atoms with E-state index in [0.29, 0.717) is 5.56 Å². The van der Waals surface area contributed by atoms with E-state index in [-0.39, 0.29) is 0 Å². The molecule has 0 N–H and O–H groups in total. The molecule has 0 fully saturated rings. The second kappa shape index (κ2) is 4.94. The van der Waals surface area contributed by atoms with E-state index in [4.69, 9.17) is 5.26 Å². The van der Waals surface area contributed by atoms with Crippen molar-refractivity contribution in [3.63, 3.8) is 0 Å². The van der Waals surface area contributed by atoms with Crippen molar-refractivity contribution >= 4 is 16.6 Å². The van der Waals surface area contributed by atoms with Gasteiger partial charge in [0, 0.05) is 22.7 Å². The van der Waals surface area contributed by atoms with Crippen molar-refractivity contribution in [2.24, 2.45) is 0 Å². The number of hydrogen-bond acceptors (Lipinski definition) is 3. The van der Waals surface area contributed by atoms with E-state index < -0.39 is 5.78 Å². The van der Waals surface area contributed by atoms with Crippen molar-refractivity contribution in [3.8, 4) is 17.3 Å². The number of ketones is 1. The molecular weight excluding hydrogens is 248 g/mol. The van der Waals surface area contributed by atoms with Gasteiger partial charge in [-0.15, -0.1) is 0 Å². The largest absolute Gasteiger partial charge is 0.277 e. The number of nitrogens with zero attached hydrogens (tertiary/aromatic N) is 2. The highest BCUT2D eigenvalue weighted by Crippen LogP contribution is 2.28. The summed E-state index contributed by atoms with van der Waals surface area (Å²) < 4.78 is 0. The van der Waals surface area contributed by atoms with Crippen LogP contribution in [0.4, 0.5) is 0 Å².